The van der Waals surface area contributed by atoms with E-state index in [0.717, 1.165) is 0 Å². The average molecular weight is 421 g/mol. The molecule has 3 aromatic carbocycles. The average Bonchev–Trinajstić information content (AvgIpc) is 2.60. The summed E-state index contributed by atoms with van der Waals surface area (Å²) in [5.41, 5.74) is 6.97. The van der Waals surface area contributed by atoms with E-state index in [1.165, 1.54) is 49.4 Å². The van der Waals surface area contributed by atoms with Crippen LogP contribution < -0.4 is 5.73 Å². The van der Waals surface area contributed by atoms with Crippen LogP contribution in [0.25, 0.3) is 10.8 Å². The maximum atomic E-state index is 11.4. The lowest BCUT2D eigenvalue weighted by Crippen LogP contribution is -2.00. The van der Waals surface area contributed by atoms with Gasteiger partial charge in [0.2, 0.25) is 0 Å². The summed E-state index contributed by atoms with van der Waals surface area (Å²) in [6.07, 6.45) is 0. The standard InChI is InChI=1S/C17H15N3O6S2/c1-10-2-4-12(9-16(10)28(24,25)26)19-20-17-14-6-5-13(27(21,22)23)8-11(14)3-7-15(17)18/h2-9H,18H2,1H3,(H,21,22,23)(H,24,25,26)/b20-19-. The van der Waals surface area contributed by atoms with Crippen LogP contribution in [0.2, 0.25) is 0 Å². The highest BCUT2D eigenvalue weighted by atomic mass is 32.2. The number of aryl methyl sites for hydroxylation is 1. The first-order valence-electron chi connectivity index (χ1n) is 7.76. The van der Waals surface area contributed by atoms with Gasteiger partial charge in [-0.2, -0.15) is 21.9 Å². The van der Waals surface area contributed by atoms with Crippen LogP contribution in [0.5, 0.6) is 0 Å². The molecule has 0 bridgehead atoms. The quantitative estimate of drug-likeness (QED) is 0.329. The lowest BCUT2D eigenvalue weighted by atomic mass is 10.1. The molecule has 0 atom stereocenters. The number of nitrogen functional groups attached to an aromatic ring is 1. The van der Waals surface area contributed by atoms with Gasteiger partial charge in [-0.05, 0) is 48.2 Å². The molecule has 11 heteroatoms. The van der Waals surface area contributed by atoms with Crippen LogP contribution in [0.15, 0.2) is 68.6 Å². The molecular weight excluding hydrogens is 406 g/mol. The first-order chi connectivity index (χ1) is 13.0. The minimum absolute atomic E-state index is 0.171. The van der Waals surface area contributed by atoms with Gasteiger partial charge in [-0.15, -0.1) is 5.11 Å². The number of hydrogen-bond acceptors (Lipinski definition) is 7. The lowest BCUT2D eigenvalue weighted by molar-refractivity contribution is 0.480. The van der Waals surface area contributed by atoms with E-state index in [1.54, 1.807) is 6.07 Å². The van der Waals surface area contributed by atoms with Crippen molar-refractivity contribution >= 4 is 48.1 Å². The molecule has 0 amide bonds. The fraction of sp³-hybridized carbons (Fsp3) is 0.0588. The second-order valence-electron chi connectivity index (χ2n) is 5.99. The third-order valence-corrected chi connectivity index (χ3v) is 5.85. The molecular formula is C17H15N3O6S2. The second kappa shape index (κ2) is 6.95. The number of anilines is 1. The van der Waals surface area contributed by atoms with Crippen molar-refractivity contribution < 1.29 is 25.9 Å². The maximum absolute atomic E-state index is 11.4. The van der Waals surface area contributed by atoms with Gasteiger partial charge < -0.3 is 5.73 Å². The van der Waals surface area contributed by atoms with E-state index in [0.29, 0.717) is 16.3 Å². The molecule has 0 spiro atoms. The molecule has 4 N–H and O–H groups in total. The molecule has 0 saturated heterocycles. The summed E-state index contributed by atoms with van der Waals surface area (Å²) in [7, 11) is -8.77. The van der Waals surface area contributed by atoms with Crippen molar-refractivity contribution in [3.8, 4) is 0 Å². The predicted molar refractivity (Wildman–Crippen MR) is 103 cm³/mol. The highest BCUT2D eigenvalue weighted by Crippen LogP contribution is 2.35. The zero-order valence-electron chi connectivity index (χ0n) is 14.4. The highest BCUT2D eigenvalue weighted by molar-refractivity contribution is 7.86. The Hall–Kier alpha value is -2.86. The maximum Gasteiger partial charge on any atom is 0.294 e. The van der Waals surface area contributed by atoms with Crippen LogP contribution in [0.4, 0.5) is 17.1 Å². The SMILES string of the molecule is Cc1ccc(/N=N\c2c(N)ccc3cc(S(=O)(=O)O)ccc23)cc1S(=O)(=O)O. The molecule has 0 aliphatic carbocycles. The van der Waals surface area contributed by atoms with Crippen LogP contribution in [-0.2, 0) is 20.2 Å². The molecule has 0 aromatic heterocycles. The molecule has 28 heavy (non-hydrogen) atoms. The zero-order valence-corrected chi connectivity index (χ0v) is 16.1. The Morgan fingerprint density at radius 2 is 1.57 bits per heavy atom. The number of nitrogens with two attached hydrogens (primary N) is 1. The summed E-state index contributed by atoms with van der Waals surface area (Å²) in [6.45, 7) is 1.53. The van der Waals surface area contributed by atoms with Crippen LogP contribution in [0, 0.1) is 6.92 Å². The second-order valence-corrected chi connectivity index (χ2v) is 8.80. The first kappa shape index (κ1) is 19.9. The molecule has 3 aromatic rings. The summed E-state index contributed by atoms with van der Waals surface area (Å²) in [6, 6.07) is 11.1. The molecule has 0 fully saturated rings. The van der Waals surface area contributed by atoms with Crippen molar-refractivity contribution in [1.29, 1.82) is 0 Å². The van der Waals surface area contributed by atoms with Crippen LogP contribution in [-0.4, -0.2) is 25.9 Å². The number of azo groups is 1. The van der Waals surface area contributed by atoms with Crippen molar-refractivity contribution in [2.75, 3.05) is 5.73 Å². The Balaban J connectivity index is 2.11. The third-order valence-electron chi connectivity index (χ3n) is 4.01. The van der Waals surface area contributed by atoms with Crippen LogP contribution >= 0.6 is 0 Å². The first-order valence-corrected chi connectivity index (χ1v) is 10.6. The van der Waals surface area contributed by atoms with Crippen LogP contribution in [0.3, 0.4) is 0 Å². The van der Waals surface area contributed by atoms with Gasteiger partial charge in [-0.3, -0.25) is 9.11 Å². The number of benzene rings is 3. The van der Waals surface area contributed by atoms with Gasteiger partial charge in [0.05, 0.1) is 21.2 Å². The fourth-order valence-electron chi connectivity index (χ4n) is 2.62. The smallest absolute Gasteiger partial charge is 0.294 e. The Labute approximate surface area is 161 Å². The van der Waals surface area contributed by atoms with E-state index in [2.05, 4.69) is 10.2 Å². The Bertz CT molecular complexity index is 1330. The zero-order chi connectivity index (χ0) is 20.7. The van der Waals surface area contributed by atoms with E-state index in [1.807, 2.05) is 0 Å². The fourth-order valence-corrected chi connectivity index (χ4v) is 3.88. The molecule has 0 saturated carbocycles. The van der Waals surface area contributed by atoms with Gasteiger partial charge in [0.1, 0.15) is 5.69 Å². The monoisotopic (exact) mass is 421 g/mol. The van der Waals surface area contributed by atoms with Gasteiger partial charge >= 0.3 is 0 Å². The van der Waals surface area contributed by atoms with Crippen LogP contribution in [0.1, 0.15) is 5.56 Å². The molecule has 0 radical (unpaired) electrons. The summed E-state index contributed by atoms with van der Waals surface area (Å²) in [5, 5.41) is 8.98. The van der Waals surface area contributed by atoms with E-state index in [-0.39, 0.29) is 26.9 Å². The van der Waals surface area contributed by atoms with Gasteiger partial charge in [0.15, 0.2) is 0 Å². The molecule has 0 heterocycles. The molecule has 0 aliphatic heterocycles. The summed E-state index contributed by atoms with van der Waals surface area (Å²) in [4.78, 5) is -0.559. The minimum Gasteiger partial charge on any atom is -0.397 e. The Morgan fingerprint density at radius 3 is 2.21 bits per heavy atom. The normalized spacial score (nSPS) is 12.7. The van der Waals surface area contributed by atoms with E-state index >= 15 is 0 Å². The summed E-state index contributed by atoms with van der Waals surface area (Å²) in [5.74, 6) is 0. The largest absolute Gasteiger partial charge is 0.397 e. The molecule has 0 unspecified atom stereocenters. The van der Waals surface area contributed by atoms with Crippen molar-refractivity contribution in [3.05, 3.63) is 54.1 Å². The highest BCUT2D eigenvalue weighted by Gasteiger charge is 2.14. The molecule has 3 rings (SSSR count). The van der Waals surface area contributed by atoms with Gasteiger partial charge in [0, 0.05) is 5.39 Å². The van der Waals surface area contributed by atoms with Crippen molar-refractivity contribution in [1.82, 2.24) is 0 Å². The number of hydrogen-bond donors (Lipinski definition) is 3. The predicted octanol–water partition coefficient (Wildman–Crippen LogP) is 3.64. The van der Waals surface area contributed by atoms with Crippen molar-refractivity contribution in [2.24, 2.45) is 10.2 Å². The summed E-state index contributed by atoms with van der Waals surface area (Å²) < 4.78 is 63.9. The van der Waals surface area contributed by atoms with Gasteiger partial charge in [-0.1, -0.05) is 18.2 Å². The van der Waals surface area contributed by atoms with Crippen molar-refractivity contribution in [3.63, 3.8) is 0 Å². The van der Waals surface area contributed by atoms with E-state index in [4.69, 9.17) is 5.73 Å². The van der Waals surface area contributed by atoms with E-state index in [9.17, 15) is 25.9 Å². The Kier molecular flexibility index (Phi) is 4.93. The number of fused-ring (bicyclic) bond motifs is 1. The third kappa shape index (κ3) is 4.02. The molecule has 9 nitrogen and oxygen atoms in total. The van der Waals surface area contributed by atoms with E-state index < -0.39 is 20.2 Å². The molecule has 146 valence electrons. The molecule has 0 aliphatic rings. The lowest BCUT2D eigenvalue weighted by Gasteiger charge is -2.07. The number of nitrogens with zero attached hydrogens (tertiary/aromatic N) is 2. The Morgan fingerprint density at radius 1 is 0.857 bits per heavy atom. The number of rotatable bonds is 4. The van der Waals surface area contributed by atoms with Crippen molar-refractivity contribution in [2.45, 2.75) is 16.7 Å². The summed E-state index contributed by atoms with van der Waals surface area (Å²) >= 11 is 0. The minimum atomic E-state index is -4.41. The van der Waals surface area contributed by atoms with Gasteiger partial charge in [-0.25, -0.2) is 0 Å². The topological polar surface area (TPSA) is 159 Å². The van der Waals surface area contributed by atoms with Gasteiger partial charge in [0.25, 0.3) is 20.2 Å².